The fourth-order valence-corrected chi connectivity index (χ4v) is 2.90. The lowest BCUT2D eigenvalue weighted by Gasteiger charge is -2.40. The molecule has 1 aliphatic heterocycles. The molecule has 1 aliphatic rings. The van der Waals surface area contributed by atoms with Gasteiger partial charge in [-0.15, -0.1) is 0 Å². The average molecular weight is 300 g/mol. The first-order valence-electron chi connectivity index (χ1n) is 7.14. The molecule has 0 amide bonds. The van der Waals surface area contributed by atoms with Crippen molar-refractivity contribution in [1.82, 2.24) is 4.90 Å². The first kappa shape index (κ1) is 16.1. The van der Waals surface area contributed by atoms with Crippen LogP contribution in [0.25, 0.3) is 0 Å². The predicted octanol–water partition coefficient (Wildman–Crippen LogP) is 2.40. The Morgan fingerprint density at radius 1 is 1.29 bits per heavy atom. The van der Waals surface area contributed by atoms with E-state index in [0.29, 0.717) is 12.1 Å². The van der Waals surface area contributed by atoms with Crippen LogP contribution in [0.5, 0.6) is 5.75 Å². The standard InChI is InChI=1S/C15H22F2N2O2/c1-10-8-19(9-11(2)20-10)13(7-18)12-5-3-4-6-14(12)21-15(16)17/h3-6,10-11,13,15H,7-9,18H2,1-2H3/t10-,11+,13?. The quantitative estimate of drug-likeness (QED) is 0.907. The van der Waals surface area contributed by atoms with Crippen molar-refractivity contribution in [3.63, 3.8) is 0 Å². The van der Waals surface area contributed by atoms with Crippen LogP contribution in [0.3, 0.4) is 0 Å². The molecule has 1 heterocycles. The number of hydrogen-bond acceptors (Lipinski definition) is 4. The van der Waals surface area contributed by atoms with E-state index in [-0.39, 0.29) is 24.0 Å². The zero-order valence-corrected chi connectivity index (χ0v) is 12.3. The van der Waals surface area contributed by atoms with E-state index in [9.17, 15) is 8.78 Å². The van der Waals surface area contributed by atoms with Crippen molar-refractivity contribution in [3.05, 3.63) is 29.8 Å². The molecule has 21 heavy (non-hydrogen) atoms. The Kier molecular flexibility index (Phi) is 5.50. The molecule has 0 saturated carbocycles. The molecule has 4 nitrogen and oxygen atoms in total. The number of ether oxygens (including phenoxy) is 2. The van der Waals surface area contributed by atoms with Gasteiger partial charge in [-0.05, 0) is 19.9 Å². The van der Waals surface area contributed by atoms with Crippen LogP contribution in [-0.4, -0.2) is 43.4 Å². The van der Waals surface area contributed by atoms with Crippen LogP contribution in [0.15, 0.2) is 24.3 Å². The van der Waals surface area contributed by atoms with Crippen LogP contribution in [0.4, 0.5) is 8.78 Å². The van der Waals surface area contributed by atoms with Gasteiger partial charge < -0.3 is 15.2 Å². The van der Waals surface area contributed by atoms with Crippen molar-refractivity contribution in [3.8, 4) is 5.75 Å². The number of benzene rings is 1. The minimum absolute atomic E-state index is 0.0889. The summed E-state index contributed by atoms with van der Waals surface area (Å²) in [5.74, 6) is 0.190. The average Bonchev–Trinajstić information content (AvgIpc) is 2.40. The monoisotopic (exact) mass is 300 g/mol. The highest BCUT2D eigenvalue weighted by molar-refractivity contribution is 5.36. The van der Waals surface area contributed by atoms with Gasteiger partial charge in [-0.25, -0.2) is 0 Å². The van der Waals surface area contributed by atoms with Crippen LogP contribution in [-0.2, 0) is 4.74 Å². The molecular formula is C15H22F2N2O2. The molecule has 6 heteroatoms. The third-order valence-corrected chi connectivity index (χ3v) is 3.61. The number of hydrogen-bond donors (Lipinski definition) is 1. The Hall–Kier alpha value is -1.24. The number of rotatable bonds is 5. The number of para-hydroxylation sites is 1. The maximum atomic E-state index is 12.5. The first-order valence-corrected chi connectivity index (χ1v) is 7.14. The SMILES string of the molecule is C[C@@H]1CN(C(CN)c2ccccc2OC(F)F)C[C@H](C)O1. The van der Waals surface area contributed by atoms with Gasteiger partial charge in [0.2, 0.25) is 0 Å². The second kappa shape index (κ2) is 7.15. The molecule has 1 aromatic rings. The Bertz CT molecular complexity index is 449. The van der Waals surface area contributed by atoms with Crippen molar-refractivity contribution in [2.75, 3.05) is 19.6 Å². The van der Waals surface area contributed by atoms with E-state index in [4.69, 9.17) is 10.5 Å². The van der Waals surface area contributed by atoms with Crippen LogP contribution >= 0.6 is 0 Å². The molecule has 0 radical (unpaired) electrons. The summed E-state index contributed by atoms with van der Waals surface area (Å²) in [6.45, 7) is 2.93. The van der Waals surface area contributed by atoms with Gasteiger partial charge in [-0.2, -0.15) is 8.78 Å². The summed E-state index contributed by atoms with van der Waals surface area (Å²) in [5.41, 5.74) is 6.60. The van der Waals surface area contributed by atoms with Crippen LogP contribution in [0.1, 0.15) is 25.5 Å². The Morgan fingerprint density at radius 3 is 2.48 bits per heavy atom. The summed E-state index contributed by atoms with van der Waals surface area (Å²) in [6, 6.07) is 6.68. The molecule has 0 spiro atoms. The minimum Gasteiger partial charge on any atom is -0.434 e. The molecule has 2 rings (SSSR count). The van der Waals surface area contributed by atoms with Crippen molar-refractivity contribution in [2.24, 2.45) is 5.73 Å². The zero-order valence-electron chi connectivity index (χ0n) is 12.3. The second-order valence-electron chi connectivity index (χ2n) is 5.38. The normalized spacial score (nSPS) is 25.0. The highest BCUT2D eigenvalue weighted by Gasteiger charge is 2.30. The molecule has 118 valence electrons. The summed E-state index contributed by atoms with van der Waals surface area (Å²) in [5, 5.41) is 0. The molecule has 1 fully saturated rings. The number of morpholine rings is 1. The van der Waals surface area contributed by atoms with Gasteiger partial charge in [0, 0.05) is 25.2 Å². The summed E-state index contributed by atoms with van der Waals surface area (Å²) >= 11 is 0. The third-order valence-electron chi connectivity index (χ3n) is 3.61. The van der Waals surface area contributed by atoms with Crippen molar-refractivity contribution in [1.29, 1.82) is 0 Å². The smallest absolute Gasteiger partial charge is 0.387 e. The molecule has 0 bridgehead atoms. The van der Waals surface area contributed by atoms with Crippen LogP contribution < -0.4 is 10.5 Å². The lowest BCUT2D eigenvalue weighted by molar-refractivity contribution is -0.0817. The molecule has 0 aliphatic carbocycles. The lowest BCUT2D eigenvalue weighted by Crippen LogP contribution is -2.48. The van der Waals surface area contributed by atoms with Gasteiger partial charge in [0.05, 0.1) is 18.2 Å². The van der Waals surface area contributed by atoms with Gasteiger partial charge in [0.25, 0.3) is 0 Å². The van der Waals surface area contributed by atoms with Gasteiger partial charge in [0.1, 0.15) is 5.75 Å². The predicted molar refractivity (Wildman–Crippen MR) is 76.5 cm³/mol. The van der Waals surface area contributed by atoms with Gasteiger partial charge in [-0.3, -0.25) is 4.90 Å². The van der Waals surface area contributed by atoms with E-state index >= 15 is 0 Å². The van der Waals surface area contributed by atoms with Gasteiger partial charge >= 0.3 is 6.61 Å². The van der Waals surface area contributed by atoms with E-state index in [1.165, 1.54) is 0 Å². The molecule has 3 atom stereocenters. The van der Waals surface area contributed by atoms with E-state index in [0.717, 1.165) is 13.1 Å². The number of nitrogens with two attached hydrogens (primary N) is 1. The molecular weight excluding hydrogens is 278 g/mol. The third kappa shape index (κ3) is 4.12. The van der Waals surface area contributed by atoms with E-state index in [2.05, 4.69) is 9.64 Å². The fourth-order valence-electron chi connectivity index (χ4n) is 2.90. The highest BCUT2D eigenvalue weighted by atomic mass is 19.3. The Labute approximate surface area is 123 Å². The number of nitrogens with zero attached hydrogens (tertiary/aromatic N) is 1. The number of halogens is 2. The van der Waals surface area contributed by atoms with Gasteiger partial charge in [0.15, 0.2) is 0 Å². The van der Waals surface area contributed by atoms with Crippen LogP contribution in [0.2, 0.25) is 0 Å². The van der Waals surface area contributed by atoms with E-state index in [1.807, 2.05) is 19.9 Å². The minimum atomic E-state index is -2.84. The van der Waals surface area contributed by atoms with E-state index in [1.54, 1.807) is 18.2 Å². The van der Waals surface area contributed by atoms with Gasteiger partial charge in [-0.1, -0.05) is 18.2 Å². The molecule has 1 saturated heterocycles. The maximum Gasteiger partial charge on any atom is 0.387 e. The highest BCUT2D eigenvalue weighted by Crippen LogP contribution is 2.31. The number of alkyl halides is 2. The lowest BCUT2D eigenvalue weighted by atomic mass is 10.0. The Balaban J connectivity index is 2.24. The molecule has 2 N–H and O–H groups in total. The van der Waals surface area contributed by atoms with Crippen molar-refractivity contribution >= 4 is 0 Å². The second-order valence-corrected chi connectivity index (χ2v) is 5.38. The summed E-state index contributed by atoms with van der Waals surface area (Å²) in [6.07, 6.45) is 0.178. The van der Waals surface area contributed by atoms with E-state index < -0.39 is 6.61 Å². The summed E-state index contributed by atoms with van der Waals surface area (Å²) in [7, 11) is 0. The molecule has 1 unspecified atom stereocenters. The van der Waals surface area contributed by atoms with Crippen molar-refractivity contribution < 1.29 is 18.3 Å². The summed E-state index contributed by atoms with van der Waals surface area (Å²) < 4.78 is 35.4. The fraction of sp³-hybridized carbons (Fsp3) is 0.600. The van der Waals surface area contributed by atoms with Crippen LogP contribution in [0, 0.1) is 0 Å². The maximum absolute atomic E-state index is 12.5. The Morgan fingerprint density at radius 2 is 1.90 bits per heavy atom. The topological polar surface area (TPSA) is 47.7 Å². The first-order chi connectivity index (χ1) is 10.0. The largest absolute Gasteiger partial charge is 0.434 e. The van der Waals surface area contributed by atoms with Crippen molar-refractivity contribution in [2.45, 2.75) is 38.7 Å². The summed E-state index contributed by atoms with van der Waals surface area (Å²) in [4.78, 5) is 2.17. The molecule has 0 aromatic heterocycles. The zero-order chi connectivity index (χ0) is 15.4. The molecule has 1 aromatic carbocycles.